The number of hydrogen-bond acceptors (Lipinski definition) is 2. The van der Waals surface area contributed by atoms with Crippen molar-refractivity contribution in [2.45, 2.75) is 26.4 Å². The van der Waals surface area contributed by atoms with E-state index in [0.29, 0.717) is 6.42 Å². The molecule has 0 aliphatic rings. The highest BCUT2D eigenvalue weighted by molar-refractivity contribution is 5.85. The fourth-order valence-corrected chi connectivity index (χ4v) is 0.596. The second-order valence-corrected chi connectivity index (χ2v) is 2.85. The quantitative estimate of drug-likeness (QED) is 0.581. The largest absolute Gasteiger partial charge is 0.393 e. The van der Waals surface area contributed by atoms with Crippen molar-refractivity contribution >= 4 is 5.91 Å². The first-order valence-electron chi connectivity index (χ1n) is 3.68. The molecule has 0 saturated heterocycles. The molecule has 0 aromatic heterocycles. The molecule has 0 saturated carbocycles. The molecule has 64 valence electrons. The van der Waals surface area contributed by atoms with Gasteiger partial charge < -0.3 is 10.8 Å². The third-order valence-corrected chi connectivity index (χ3v) is 1.43. The Morgan fingerprint density at radius 3 is 2.55 bits per heavy atom. The number of amides is 1. The predicted octanol–water partition coefficient (Wildman–Crippen LogP) is 0.435. The number of rotatable bonds is 4. The Hall–Kier alpha value is -0.830. The van der Waals surface area contributed by atoms with Gasteiger partial charge in [0.1, 0.15) is 0 Å². The van der Waals surface area contributed by atoms with E-state index in [2.05, 4.69) is 0 Å². The summed E-state index contributed by atoms with van der Waals surface area (Å²) in [4.78, 5) is 10.2. The highest BCUT2D eigenvalue weighted by Crippen LogP contribution is 2.05. The number of primary amides is 1. The van der Waals surface area contributed by atoms with Crippen LogP contribution < -0.4 is 5.73 Å². The molecule has 0 bridgehead atoms. The maximum absolute atomic E-state index is 10.2. The van der Waals surface area contributed by atoms with Gasteiger partial charge in [-0.1, -0.05) is 19.9 Å². The molecule has 0 fully saturated rings. The number of hydrogen-bond donors (Lipinski definition) is 2. The van der Waals surface area contributed by atoms with Crippen LogP contribution in [0.3, 0.4) is 0 Å². The summed E-state index contributed by atoms with van der Waals surface area (Å²) in [5.41, 5.74) is 4.85. The smallest absolute Gasteiger partial charge is 0.241 e. The molecular weight excluding hydrogens is 142 g/mol. The van der Waals surface area contributed by atoms with Crippen LogP contribution in [0.2, 0.25) is 0 Å². The standard InChI is InChI=1S/C8H15NO2/c1-6(2)7(10)4-3-5-8(9)11/h3,5-7,10H,4H2,1-2H3,(H2,9,11)/b5-3+/t7-/m0/s1. The Kier molecular flexibility index (Phi) is 4.54. The van der Waals surface area contributed by atoms with Crippen LogP contribution in [0.25, 0.3) is 0 Å². The zero-order valence-electron chi connectivity index (χ0n) is 6.95. The van der Waals surface area contributed by atoms with Crippen molar-refractivity contribution in [3.05, 3.63) is 12.2 Å². The zero-order chi connectivity index (χ0) is 8.85. The Balaban J connectivity index is 3.61. The minimum absolute atomic E-state index is 0.215. The first-order chi connectivity index (χ1) is 5.04. The summed E-state index contributed by atoms with van der Waals surface area (Å²) in [6, 6.07) is 0. The molecule has 1 amide bonds. The van der Waals surface area contributed by atoms with Gasteiger partial charge in [-0.05, 0) is 18.4 Å². The van der Waals surface area contributed by atoms with E-state index in [4.69, 9.17) is 5.73 Å². The van der Waals surface area contributed by atoms with Gasteiger partial charge in [0.15, 0.2) is 0 Å². The van der Waals surface area contributed by atoms with E-state index in [0.717, 1.165) is 0 Å². The van der Waals surface area contributed by atoms with Crippen molar-refractivity contribution in [1.82, 2.24) is 0 Å². The van der Waals surface area contributed by atoms with Crippen LogP contribution >= 0.6 is 0 Å². The molecule has 3 heteroatoms. The van der Waals surface area contributed by atoms with Gasteiger partial charge in [-0.15, -0.1) is 0 Å². The minimum Gasteiger partial charge on any atom is -0.393 e. The van der Waals surface area contributed by atoms with Gasteiger partial charge in [0.25, 0.3) is 0 Å². The van der Waals surface area contributed by atoms with Crippen LogP contribution in [0.15, 0.2) is 12.2 Å². The van der Waals surface area contributed by atoms with E-state index < -0.39 is 5.91 Å². The summed E-state index contributed by atoms with van der Waals surface area (Å²) in [7, 11) is 0. The molecule has 3 N–H and O–H groups in total. The number of carbonyl (C=O) groups excluding carboxylic acids is 1. The lowest BCUT2D eigenvalue weighted by Crippen LogP contribution is -2.13. The monoisotopic (exact) mass is 157 g/mol. The molecule has 1 atom stereocenters. The fraction of sp³-hybridized carbons (Fsp3) is 0.625. The van der Waals surface area contributed by atoms with Gasteiger partial charge in [-0.25, -0.2) is 0 Å². The summed E-state index contributed by atoms with van der Waals surface area (Å²) in [6.07, 6.45) is 2.96. The molecule has 0 aliphatic carbocycles. The van der Waals surface area contributed by atoms with Crippen LogP contribution in [0.5, 0.6) is 0 Å². The highest BCUT2D eigenvalue weighted by Gasteiger charge is 2.05. The molecule has 0 unspecified atom stereocenters. The number of aliphatic hydroxyl groups is 1. The van der Waals surface area contributed by atoms with E-state index >= 15 is 0 Å². The summed E-state index contributed by atoms with van der Waals surface area (Å²) in [6.45, 7) is 3.84. The average Bonchev–Trinajstić information content (AvgIpc) is 1.86. The molecule has 0 aromatic rings. The van der Waals surface area contributed by atoms with E-state index in [1.807, 2.05) is 13.8 Å². The van der Waals surface area contributed by atoms with E-state index in [-0.39, 0.29) is 12.0 Å². The summed E-state index contributed by atoms with van der Waals surface area (Å²) < 4.78 is 0. The minimum atomic E-state index is -0.471. The fourth-order valence-electron chi connectivity index (χ4n) is 0.596. The van der Waals surface area contributed by atoms with Gasteiger partial charge in [0.2, 0.25) is 5.91 Å². The van der Waals surface area contributed by atoms with Crippen molar-refractivity contribution in [1.29, 1.82) is 0 Å². The maximum Gasteiger partial charge on any atom is 0.241 e. The molecule has 3 nitrogen and oxygen atoms in total. The van der Waals surface area contributed by atoms with Crippen LogP contribution in [0.4, 0.5) is 0 Å². The van der Waals surface area contributed by atoms with Crippen LogP contribution in [-0.4, -0.2) is 17.1 Å². The van der Waals surface area contributed by atoms with Crippen molar-refractivity contribution in [2.24, 2.45) is 11.7 Å². The molecular formula is C8H15NO2. The molecule has 0 rings (SSSR count). The zero-order valence-corrected chi connectivity index (χ0v) is 6.95. The highest BCUT2D eigenvalue weighted by atomic mass is 16.3. The van der Waals surface area contributed by atoms with Gasteiger partial charge in [-0.3, -0.25) is 4.79 Å². The van der Waals surface area contributed by atoms with Crippen LogP contribution in [-0.2, 0) is 4.79 Å². The number of nitrogens with two attached hydrogens (primary N) is 1. The van der Waals surface area contributed by atoms with Gasteiger partial charge >= 0.3 is 0 Å². The van der Waals surface area contributed by atoms with Gasteiger partial charge in [-0.2, -0.15) is 0 Å². The average molecular weight is 157 g/mol. The molecule has 0 spiro atoms. The topological polar surface area (TPSA) is 63.3 Å². The normalized spacial score (nSPS) is 14.2. The Morgan fingerprint density at radius 2 is 2.18 bits per heavy atom. The molecule has 0 aliphatic heterocycles. The first kappa shape index (κ1) is 10.2. The summed E-state index contributed by atoms with van der Waals surface area (Å²) in [5, 5.41) is 9.24. The Labute approximate surface area is 66.9 Å². The van der Waals surface area contributed by atoms with Crippen LogP contribution in [0.1, 0.15) is 20.3 Å². The lowest BCUT2D eigenvalue weighted by molar-refractivity contribution is -0.113. The summed E-state index contributed by atoms with van der Waals surface area (Å²) in [5.74, 6) is -0.256. The molecule has 0 aromatic carbocycles. The van der Waals surface area contributed by atoms with E-state index in [9.17, 15) is 9.90 Å². The Morgan fingerprint density at radius 1 is 1.64 bits per heavy atom. The first-order valence-corrected chi connectivity index (χ1v) is 3.68. The number of aliphatic hydroxyl groups excluding tert-OH is 1. The third-order valence-electron chi connectivity index (χ3n) is 1.43. The van der Waals surface area contributed by atoms with Crippen molar-refractivity contribution in [3.8, 4) is 0 Å². The van der Waals surface area contributed by atoms with Crippen molar-refractivity contribution in [3.63, 3.8) is 0 Å². The molecule has 0 heterocycles. The number of carbonyl (C=O) groups is 1. The van der Waals surface area contributed by atoms with Crippen molar-refractivity contribution < 1.29 is 9.90 Å². The molecule has 11 heavy (non-hydrogen) atoms. The third kappa shape index (κ3) is 5.61. The second kappa shape index (κ2) is 4.91. The maximum atomic E-state index is 10.2. The van der Waals surface area contributed by atoms with Crippen molar-refractivity contribution in [2.75, 3.05) is 0 Å². The predicted molar refractivity (Wildman–Crippen MR) is 43.8 cm³/mol. The second-order valence-electron chi connectivity index (χ2n) is 2.85. The summed E-state index contributed by atoms with van der Waals surface area (Å²) >= 11 is 0. The SMILES string of the molecule is CC(C)[C@@H](O)C/C=C/C(N)=O. The van der Waals surface area contributed by atoms with E-state index in [1.54, 1.807) is 6.08 Å². The Bertz CT molecular complexity index is 152. The van der Waals surface area contributed by atoms with Gasteiger partial charge in [0, 0.05) is 0 Å². The van der Waals surface area contributed by atoms with E-state index in [1.165, 1.54) is 6.08 Å². The van der Waals surface area contributed by atoms with Gasteiger partial charge in [0.05, 0.1) is 6.10 Å². The molecule has 0 radical (unpaired) electrons. The lowest BCUT2D eigenvalue weighted by Gasteiger charge is -2.10. The lowest BCUT2D eigenvalue weighted by atomic mass is 10.0. The van der Waals surface area contributed by atoms with Crippen LogP contribution in [0, 0.1) is 5.92 Å².